The van der Waals surface area contributed by atoms with Crippen molar-refractivity contribution >= 4 is 6.09 Å². The molecule has 35 heavy (non-hydrogen) atoms. The summed E-state index contributed by atoms with van der Waals surface area (Å²) in [5.74, 6) is 6.03. The van der Waals surface area contributed by atoms with Crippen LogP contribution in [0.15, 0.2) is 47.0 Å². The van der Waals surface area contributed by atoms with Crippen molar-refractivity contribution in [3.05, 3.63) is 65.0 Å². The van der Waals surface area contributed by atoms with Gasteiger partial charge in [0.2, 0.25) is 11.7 Å². The predicted octanol–water partition coefficient (Wildman–Crippen LogP) is 5.76. The van der Waals surface area contributed by atoms with E-state index < -0.39 is 23.9 Å². The topological polar surface area (TPSA) is 88.7 Å². The SMILES string of the molecule is CCCOc1ccc(C#Cc2ccc(-c3noc(C4CCCN4C(=O)O)n3)cc2C(F)(F)F)cc1. The molecule has 1 fully saturated rings. The van der Waals surface area contributed by atoms with Gasteiger partial charge in [-0.05, 0) is 61.7 Å². The van der Waals surface area contributed by atoms with Gasteiger partial charge in [-0.25, -0.2) is 4.79 Å². The summed E-state index contributed by atoms with van der Waals surface area (Å²) < 4.78 is 52.1. The molecule has 1 aromatic heterocycles. The number of alkyl halides is 3. The number of nitrogens with zero attached hydrogens (tertiary/aromatic N) is 3. The van der Waals surface area contributed by atoms with Crippen LogP contribution in [0.3, 0.4) is 0 Å². The van der Waals surface area contributed by atoms with Gasteiger partial charge >= 0.3 is 12.3 Å². The molecule has 1 aliphatic rings. The van der Waals surface area contributed by atoms with Gasteiger partial charge in [-0.3, -0.25) is 4.90 Å². The van der Waals surface area contributed by atoms with E-state index >= 15 is 0 Å². The van der Waals surface area contributed by atoms with E-state index in [1.165, 1.54) is 17.0 Å². The number of likely N-dealkylation sites (tertiary alicyclic amines) is 1. The van der Waals surface area contributed by atoms with Gasteiger partial charge in [-0.2, -0.15) is 18.2 Å². The lowest BCUT2D eigenvalue weighted by Gasteiger charge is -2.17. The highest BCUT2D eigenvalue weighted by Gasteiger charge is 2.35. The van der Waals surface area contributed by atoms with Gasteiger partial charge in [0.15, 0.2) is 0 Å². The summed E-state index contributed by atoms with van der Waals surface area (Å²) in [5.41, 5.74) is -0.475. The molecule has 1 saturated heterocycles. The quantitative estimate of drug-likeness (QED) is 0.463. The second kappa shape index (κ2) is 10.1. The average Bonchev–Trinajstić information content (AvgIpc) is 3.51. The maximum atomic E-state index is 13.8. The Labute approximate surface area is 199 Å². The molecule has 2 aromatic carbocycles. The molecule has 1 aliphatic heterocycles. The second-order valence-corrected chi connectivity index (χ2v) is 7.97. The Hall–Kier alpha value is -4.00. The maximum absolute atomic E-state index is 13.8. The molecule has 1 atom stereocenters. The molecule has 0 radical (unpaired) electrons. The molecule has 7 nitrogen and oxygen atoms in total. The summed E-state index contributed by atoms with van der Waals surface area (Å²) in [6.45, 7) is 2.90. The molecule has 4 rings (SSSR count). The Morgan fingerprint density at radius 3 is 2.69 bits per heavy atom. The van der Waals surface area contributed by atoms with Crippen molar-refractivity contribution in [2.75, 3.05) is 13.2 Å². The van der Waals surface area contributed by atoms with Crippen molar-refractivity contribution in [1.29, 1.82) is 0 Å². The van der Waals surface area contributed by atoms with E-state index in [4.69, 9.17) is 9.26 Å². The van der Waals surface area contributed by atoms with Crippen molar-refractivity contribution in [3.8, 4) is 29.0 Å². The average molecular weight is 485 g/mol. The zero-order chi connectivity index (χ0) is 25.0. The number of ether oxygens (including phenoxy) is 1. The first kappa shape index (κ1) is 24.1. The number of hydrogen-bond donors (Lipinski definition) is 1. The van der Waals surface area contributed by atoms with E-state index in [9.17, 15) is 23.1 Å². The van der Waals surface area contributed by atoms with E-state index in [-0.39, 0.29) is 22.8 Å². The highest BCUT2D eigenvalue weighted by molar-refractivity contribution is 5.66. The zero-order valence-electron chi connectivity index (χ0n) is 18.8. The van der Waals surface area contributed by atoms with Crippen LogP contribution < -0.4 is 4.74 Å². The van der Waals surface area contributed by atoms with Crippen LogP contribution in [0.25, 0.3) is 11.4 Å². The van der Waals surface area contributed by atoms with Crippen LogP contribution in [-0.2, 0) is 6.18 Å². The minimum absolute atomic E-state index is 0.0510. The summed E-state index contributed by atoms with van der Waals surface area (Å²) in [4.78, 5) is 16.7. The molecule has 1 unspecified atom stereocenters. The normalized spacial score (nSPS) is 15.5. The molecule has 182 valence electrons. The van der Waals surface area contributed by atoms with Gasteiger partial charge in [-0.1, -0.05) is 23.9 Å². The van der Waals surface area contributed by atoms with Crippen molar-refractivity contribution in [2.45, 2.75) is 38.4 Å². The number of hydrogen-bond acceptors (Lipinski definition) is 5. The fraction of sp³-hybridized carbons (Fsp3) is 0.320. The third-order valence-corrected chi connectivity index (χ3v) is 5.48. The minimum atomic E-state index is -4.66. The number of rotatable bonds is 5. The Balaban J connectivity index is 1.60. The fourth-order valence-corrected chi connectivity index (χ4v) is 3.76. The van der Waals surface area contributed by atoms with Crippen LogP contribution >= 0.6 is 0 Å². The number of carboxylic acid groups (broad SMARTS) is 1. The number of carbonyl (C=O) groups is 1. The standard InChI is InChI=1S/C25H22F3N3O4/c1-2-14-34-19-11-6-16(7-12-19)5-8-17-9-10-18(15-20(17)25(26,27)28)22-29-23(35-30-22)21-4-3-13-31(21)24(32)33/h6-7,9-12,15,21H,2-4,13-14H2,1H3,(H,32,33). The molecule has 0 aliphatic carbocycles. The van der Waals surface area contributed by atoms with Crippen molar-refractivity contribution < 1.29 is 32.3 Å². The van der Waals surface area contributed by atoms with E-state index in [0.29, 0.717) is 37.3 Å². The second-order valence-electron chi connectivity index (χ2n) is 7.97. The lowest BCUT2D eigenvalue weighted by Crippen LogP contribution is -2.28. The van der Waals surface area contributed by atoms with E-state index in [2.05, 4.69) is 22.0 Å². The molecule has 1 amide bonds. The van der Waals surface area contributed by atoms with E-state index in [1.807, 2.05) is 6.92 Å². The van der Waals surface area contributed by atoms with Gasteiger partial charge in [-0.15, -0.1) is 0 Å². The van der Waals surface area contributed by atoms with Gasteiger partial charge in [0.05, 0.1) is 12.2 Å². The molecule has 0 bridgehead atoms. The highest BCUT2D eigenvalue weighted by atomic mass is 19.4. The van der Waals surface area contributed by atoms with Gasteiger partial charge in [0.1, 0.15) is 11.8 Å². The van der Waals surface area contributed by atoms with Crippen LogP contribution in [0, 0.1) is 11.8 Å². The Kier molecular flexibility index (Phi) is 6.96. The van der Waals surface area contributed by atoms with Crippen molar-refractivity contribution in [3.63, 3.8) is 0 Å². The Morgan fingerprint density at radius 2 is 2.00 bits per heavy atom. The maximum Gasteiger partial charge on any atom is 0.417 e. The third-order valence-electron chi connectivity index (χ3n) is 5.48. The first-order valence-electron chi connectivity index (χ1n) is 11.1. The first-order chi connectivity index (χ1) is 16.8. The summed E-state index contributed by atoms with van der Waals surface area (Å²) in [6, 6.07) is 9.81. The highest BCUT2D eigenvalue weighted by Crippen LogP contribution is 2.36. The zero-order valence-corrected chi connectivity index (χ0v) is 18.8. The van der Waals surface area contributed by atoms with Gasteiger partial charge in [0.25, 0.3) is 0 Å². The van der Waals surface area contributed by atoms with Crippen LogP contribution in [0.1, 0.15) is 54.8 Å². The molecule has 10 heteroatoms. The van der Waals surface area contributed by atoms with Crippen LogP contribution in [0.4, 0.5) is 18.0 Å². The Bertz CT molecular complexity index is 1260. The summed E-state index contributed by atoms with van der Waals surface area (Å²) in [6.07, 6.45) is -3.77. The predicted molar refractivity (Wildman–Crippen MR) is 120 cm³/mol. The van der Waals surface area contributed by atoms with E-state index in [0.717, 1.165) is 12.5 Å². The molecule has 1 N–H and O–H groups in total. The molecule has 3 aromatic rings. The smallest absolute Gasteiger partial charge is 0.417 e. The lowest BCUT2D eigenvalue weighted by atomic mass is 10.0. The van der Waals surface area contributed by atoms with Gasteiger partial charge < -0.3 is 14.4 Å². The van der Waals surface area contributed by atoms with Crippen LogP contribution in [-0.4, -0.2) is 39.4 Å². The van der Waals surface area contributed by atoms with E-state index in [1.54, 1.807) is 24.3 Å². The molecule has 2 heterocycles. The number of amides is 1. The minimum Gasteiger partial charge on any atom is -0.494 e. The monoisotopic (exact) mass is 485 g/mol. The molecular formula is C25H22F3N3O4. The Morgan fingerprint density at radius 1 is 1.23 bits per heavy atom. The number of benzene rings is 2. The van der Waals surface area contributed by atoms with Gasteiger partial charge in [0, 0.05) is 23.2 Å². The first-order valence-corrected chi connectivity index (χ1v) is 11.1. The number of halogens is 3. The summed E-state index contributed by atoms with van der Waals surface area (Å²) in [7, 11) is 0. The van der Waals surface area contributed by atoms with Crippen LogP contribution in [0.5, 0.6) is 5.75 Å². The molecule has 0 saturated carbocycles. The summed E-state index contributed by atoms with van der Waals surface area (Å²) in [5, 5.41) is 13.1. The largest absolute Gasteiger partial charge is 0.494 e. The molecule has 0 spiro atoms. The third kappa shape index (κ3) is 5.57. The van der Waals surface area contributed by atoms with Crippen molar-refractivity contribution in [1.82, 2.24) is 15.0 Å². The fourth-order valence-electron chi connectivity index (χ4n) is 3.76. The molecular weight excluding hydrogens is 463 g/mol. The van der Waals surface area contributed by atoms with Crippen LogP contribution in [0.2, 0.25) is 0 Å². The lowest BCUT2D eigenvalue weighted by molar-refractivity contribution is -0.137. The van der Waals surface area contributed by atoms with Crippen molar-refractivity contribution in [2.24, 2.45) is 0 Å². The number of aromatic nitrogens is 2. The summed E-state index contributed by atoms with van der Waals surface area (Å²) >= 11 is 0.